The zero-order valence-corrected chi connectivity index (χ0v) is 24.1. The predicted molar refractivity (Wildman–Crippen MR) is 179 cm³/mol. The number of benzene rings is 5. The number of nitriles is 1. The van der Waals surface area contributed by atoms with Crippen LogP contribution in [0.2, 0.25) is 0 Å². The minimum absolute atomic E-state index is 0.608. The van der Waals surface area contributed by atoms with Crippen molar-refractivity contribution < 1.29 is 4.42 Å². The van der Waals surface area contributed by atoms with Crippen LogP contribution in [0, 0.1) is 11.3 Å². The second-order valence-corrected chi connectivity index (χ2v) is 10.9. The lowest BCUT2D eigenvalue weighted by molar-refractivity contribution is 0.669. The number of nitrogens with zero attached hydrogens (tertiary/aromatic N) is 4. The monoisotopic (exact) mass is 576 g/mol. The summed E-state index contributed by atoms with van der Waals surface area (Å²) in [5.41, 5.74) is 11.2. The van der Waals surface area contributed by atoms with E-state index in [9.17, 15) is 5.26 Å². The number of hydrogen-bond acceptors (Lipinski definition) is 5. The van der Waals surface area contributed by atoms with Crippen LogP contribution in [0.4, 0.5) is 0 Å². The van der Waals surface area contributed by atoms with Crippen LogP contribution in [0.15, 0.2) is 150 Å². The van der Waals surface area contributed by atoms with E-state index in [1.54, 1.807) is 6.20 Å². The van der Waals surface area contributed by atoms with Gasteiger partial charge in [-0.15, -0.1) is 0 Å². The largest absolute Gasteiger partial charge is 0.456 e. The molecule has 0 bridgehead atoms. The van der Waals surface area contributed by atoms with Gasteiger partial charge in [0.25, 0.3) is 0 Å². The fourth-order valence-electron chi connectivity index (χ4n) is 5.67. The van der Waals surface area contributed by atoms with E-state index >= 15 is 0 Å². The van der Waals surface area contributed by atoms with E-state index in [1.807, 2.05) is 85.1 Å². The lowest BCUT2D eigenvalue weighted by Crippen LogP contribution is -1.96. The summed E-state index contributed by atoms with van der Waals surface area (Å²) in [4.78, 5) is 14.2. The van der Waals surface area contributed by atoms with E-state index in [4.69, 9.17) is 14.4 Å². The van der Waals surface area contributed by atoms with Gasteiger partial charge in [0.2, 0.25) is 0 Å². The number of furan rings is 1. The van der Waals surface area contributed by atoms with E-state index < -0.39 is 0 Å². The van der Waals surface area contributed by atoms with E-state index in [0.29, 0.717) is 11.4 Å². The Hall–Kier alpha value is -6.38. The lowest BCUT2D eigenvalue weighted by Gasteiger charge is -2.11. The first-order chi connectivity index (χ1) is 22.2. The Bertz CT molecular complexity index is 2350. The standard InChI is InChI=1S/C40H24N4O/c41-24-26-7-9-29(10-8-26)36-23-37(44-40(43-36)31-17-13-28(14-18-31)33-4-3-21-42-25-33)30-15-11-27(12-16-30)32-19-20-39-35(22-32)34-5-1-2-6-38(34)45-39/h1-23,25H. The SMILES string of the molecule is N#Cc1ccc(-c2cc(-c3ccc(-c4ccc5oc6ccccc6c5c4)cc3)nc(-c3ccc(-c4cccnc4)cc3)n2)cc1. The van der Waals surface area contributed by atoms with Crippen LogP contribution >= 0.6 is 0 Å². The molecule has 0 aliphatic carbocycles. The number of rotatable bonds is 5. The molecule has 0 unspecified atom stereocenters. The maximum Gasteiger partial charge on any atom is 0.160 e. The van der Waals surface area contributed by atoms with Crippen molar-refractivity contribution in [1.82, 2.24) is 15.0 Å². The molecule has 8 rings (SSSR count). The van der Waals surface area contributed by atoms with Gasteiger partial charge in [-0.3, -0.25) is 4.98 Å². The molecule has 0 saturated heterocycles. The average molecular weight is 577 g/mol. The molecule has 0 radical (unpaired) electrons. The third-order valence-corrected chi connectivity index (χ3v) is 8.06. The van der Waals surface area contributed by atoms with E-state index in [2.05, 4.69) is 65.7 Å². The topological polar surface area (TPSA) is 75.6 Å². The Labute approximate surface area is 259 Å². The molecule has 0 spiro atoms. The maximum atomic E-state index is 9.30. The van der Waals surface area contributed by atoms with Gasteiger partial charge in [0, 0.05) is 39.9 Å². The third-order valence-electron chi connectivity index (χ3n) is 8.06. The number of fused-ring (bicyclic) bond motifs is 3. The minimum atomic E-state index is 0.608. The molecule has 0 aliphatic rings. The van der Waals surface area contributed by atoms with Crippen molar-refractivity contribution in [3.8, 4) is 62.2 Å². The number of para-hydroxylation sites is 1. The number of aromatic nitrogens is 3. The fourth-order valence-corrected chi connectivity index (χ4v) is 5.67. The Morgan fingerprint density at radius 2 is 1.09 bits per heavy atom. The van der Waals surface area contributed by atoms with Gasteiger partial charge < -0.3 is 4.42 Å². The van der Waals surface area contributed by atoms with Crippen molar-refractivity contribution in [1.29, 1.82) is 5.26 Å². The molecule has 0 saturated carbocycles. The number of pyridine rings is 1. The summed E-state index contributed by atoms with van der Waals surface area (Å²) in [5, 5.41) is 11.5. The van der Waals surface area contributed by atoms with Gasteiger partial charge in [-0.05, 0) is 64.7 Å². The molecule has 0 amide bonds. The van der Waals surface area contributed by atoms with Crippen LogP contribution in [-0.4, -0.2) is 15.0 Å². The molecule has 0 fully saturated rings. The predicted octanol–water partition coefficient (Wildman–Crippen LogP) is 9.98. The highest BCUT2D eigenvalue weighted by atomic mass is 16.3. The number of hydrogen-bond donors (Lipinski definition) is 0. The highest BCUT2D eigenvalue weighted by molar-refractivity contribution is 6.06. The third kappa shape index (κ3) is 5.01. The Balaban J connectivity index is 1.18. The smallest absolute Gasteiger partial charge is 0.160 e. The normalized spacial score (nSPS) is 11.1. The van der Waals surface area contributed by atoms with Crippen LogP contribution in [0.1, 0.15) is 5.56 Å². The van der Waals surface area contributed by atoms with Gasteiger partial charge in [0.05, 0.1) is 23.0 Å². The van der Waals surface area contributed by atoms with Gasteiger partial charge in [-0.1, -0.05) is 91.0 Å². The maximum absolute atomic E-state index is 9.30. The summed E-state index contributed by atoms with van der Waals surface area (Å²) in [6.07, 6.45) is 3.63. The molecule has 0 N–H and O–H groups in total. The Morgan fingerprint density at radius 3 is 1.78 bits per heavy atom. The molecule has 0 atom stereocenters. The molecule has 5 aromatic carbocycles. The van der Waals surface area contributed by atoms with E-state index in [1.165, 1.54) is 0 Å². The van der Waals surface area contributed by atoms with Crippen molar-refractivity contribution in [3.05, 3.63) is 151 Å². The van der Waals surface area contributed by atoms with Crippen molar-refractivity contribution in [2.24, 2.45) is 0 Å². The molecular weight excluding hydrogens is 552 g/mol. The zero-order chi connectivity index (χ0) is 30.2. The molecule has 5 heteroatoms. The molecule has 3 heterocycles. The Morgan fingerprint density at radius 1 is 0.489 bits per heavy atom. The molecular formula is C40H24N4O. The summed E-state index contributed by atoms with van der Waals surface area (Å²) < 4.78 is 6.02. The van der Waals surface area contributed by atoms with Crippen LogP contribution in [0.3, 0.4) is 0 Å². The fraction of sp³-hybridized carbons (Fsp3) is 0. The molecule has 3 aromatic heterocycles. The molecule has 0 aliphatic heterocycles. The van der Waals surface area contributed by atoms with Gasteiger partial charge >= 0.3 is 0 Å². The van der Waals surface area contributed by atoms with Crippen LogP contribution in [0.25, 0.3) is 78.1 Å². The zero-order valence-electron chi connectivity index (χ0n) is 24.1. The first-order valence-electron chi connectivity index (χ1n) is 14.6. The molecule has 210 valence electrons. The van der Waals surface area contributed by atoms with Crippen molar-refractivity contribution in [2.45, 2.75) is 0 Å². The highest BCUT2D eigenvalue weighted by Gasteiger charge is 2.13. The molecule has 45 heavy (non-hydrogen) atoms. The quantitative estimate of drug-likeness (QED) is 0.204. The summed E-state index contributed by atoms with van der Waals surface area (Å²) in [7, 11) is 0. The second kappa shape index (κ2) is 11.0. The lowest BCUT2D eigenvalue weighted by atomic mass is 10.00. The summed E-state index contributed by atoms with van der Waals surface area (Å²) in [5.74, 6) is 0.631. The highest BCUT2D eigenvalue weighted by Crippen LogP contribution is 2.34. The summed E-state index contributed by atoms with van der Waals surface area (Å²) >= 11 is 0. The van der Waals surface area contributed by atoms with Crippen LogP contribution < -0.4 is 0 Å². The second-order valence-electron chi connectivity index (χ2n) is 10.9. The van der Waals surface area contributed by atoms with Crippen LogP contribution in [0.5, 0.6) is 0 Å². The van der Waals surface area contributed by atoms with Crippen molar-refractivity contribution >= 4 is 21.9 Å². The first-order valence-corrected chi connectivity index (χ1v) is 14.6. The van der Waals surface area contributed by atoms with Gasteiger partial charge in [-0.2, -0.15) is 5.26 Å². The van der Waals surface area contributed by atoms with Gasteiger partial charge in [0.1, 0.15) is 11.2 Å². The van der Waals surface area contributed by atoms with E-state index in [-0.39, 0.29) is 0 Å². The molecule has 8 aromatic rings. The van der Waals surface area contributed by atoms with Gasteiger partial charge in [-0.25, -0.2) is 9.97 Å². The summed E-state index contributed by atoms with van der Waals surface area (Å²) in [6, 6.07) is 46.8. The van der Waals surface area contributed by atoms with Gasteiger partial charge in [0.15, 0.2) is 5.82 Å². The first kappa shape index (κ1) is 26.3. The van der Waals surface area contributed by atoms with E-state index in [0.717, 1.165) is 72.3 Å². The molecule has 5 nitrogen and oxygen atoms in total. The van der Waals surface area contributed by atoms with Crippen LogP contribution in [-0.2, 0) is 0 Å². The summed E-state index contributed by atoms with van der Waals surface area (Å²) in [6.45, 7) is 0. The Kier molecular flexibility index (Phi) is 6.44. The minimum Gasteiger partial charge on any atom is -0.456 e. The average Bonchev–Trinajstić information content (AvgIpc) is 3.50. The van der Waals surface area contributed by atoms with Crippen molar-refractivity contribution in [2.75, 3.05) is 0 Å². The van der Waals surface area contributed by atoms with Crippen molar-refractivity contribution in [3.63, 3.8) is 0 Å².